The van der Waals surface area contributed by atoms with Gasteiger partial charge in [0.15, 0.2) is 5.15 Å². The number of fused-ring (bicyclic) bond motifs is 1. The van der Waals surface area contributed by atoms with E-state index in [1.807, 2.05) is 6.07 Å². The molecule has 0 saturated carbocycles. The lowest BCUT2D eigenvalue weighted by atomic mass is 10.1. The molecule has 0 radical (unpaired) electrons. The van der Waals surface area contributed by atoms with Gasteiger partial charge in [-0.2, -0.15) is 0 Å². The first-order valence-electron chi connectivity index (χ1n) is 6.33. The van der Waals surface area contributed by atoms with Gasteiger partial charge in [-0.1, -0.05) is 41.9 Å². The highest BCUT2D eigenvalue weighted by atomic mass is 35.5. The Morgan fingerprint density at radius 3 is 2.89 bits per heavy atom. The van der Waals surface area contributed by atoms with E-state index in [0.29, 0.717) is 5.15 Å². The molecule has 94 valence electrons. The molecule has 0 spiro atoms. The smallest absolute Gasteiger partial charge is 0.151 e. The van der Waals surface area contributed by atoms with Crippen molar-refractivity contribution in [1.29, 1.82) is 0 Å². The third-order valence-corrected chi connectivity index (χ3v) is 3.69. The number of hydrogen-bond donors (Lipinski definition) is 1. The van der Waals surface area contributed by atoms with Crippen molar-refractivity contribution < 1.29 is 0 Å². The Morgan fingerprint density at radius 2 is 2.06 bits per heavy atom. The second kappa shape index (κ2) is 5.12. The van der Waals surface area contributed by atoms with Crippen molar-refractivity contribution >= 4 is 11.6 Å². The molecule has 0 unspecified atom stereocenters. The lowest BCUT2D eigenvalue weighted by Crippen LogP contribution is -2.28. The first kappa shape index (κ1) is 11.8. The number of rotatable bonds is 3. The summed E-state index contributed by atoms with van der Waals surface area (Å²) in [4.78, 5) is 4.50. The SMILES string of the molecule is Clc1nc(CCc2ccccc2)n2c1CNCC2. The van der Waals surface area contributed by atoms with Gasteiger partial charge in [0, 0.05) is 26.1 Å². The van der Waals surface area contributed by atoms with Crippen molar-refractivity contribution in [2.45, 2.75) is 25.9 Å². The van der Waals surface area contributed by atoms with Crippen LogP contribution in [0.1, 0.15) is 17.1 Å². The number of aromatic nitrogens is 2. The van der Waals surface area contributed by atoms with E-state index in [9.17, 15) is 0 Å². The summed E-state index contributed by atoms with van der Waals surface area (Å²) in [6.45, 7) is 2.80. The van der Waals surface area contributed by atoms with Gasteiger partial charge in [0.05, 0.1) is 5.69 Å². The van der Waals surface area contributed by atoms with Gasteiger partial charge in [0.2, 0.25) is 0 Å². The normalized spacial score (nSPS) is 14.5. The second-order valence-corrected chi connectivity index (χ2v) is 4.94. The Balaban J connectivity index is 1.77. The Kier molecular flexibility index (Phi) is 3.35. The minimum atomic E-state index is 0.658. The molecule has 0 aliphatic carbocycles. The molecule has 1 aliphatic heterocycles. The van der Waals surface area contributed by atoms with Crippen LogP contribution in [-0.4, -0.2) is 16.1 Å². The summed E-state index contributed by atoms with van der Waals surface area (Å²) in [6.07, 6.45) is 1.96. The van der Waals surface area contributed by atoms with Crippen LogP contribution in [0.2, 0.25) is 5.15 Å². The molecule has 2 heterocycles. The van der Waals surface area contributed by atoms with Crippen LogP contribution in [0.4, 0.5) is 0 Å². The Labute approximate surface area is 112 Å². The molecular weight excluding hydrogens is 246 g/mol. The van der Waals surface area contributed by atoms with E-state index >= 15 is 0 Å². The molecule has 1 aromatic heterocycles. The fourth-order valence-electron chi connectivity index (χ4n) is 2.43. The zero-order chi connectivity index (χ0) is 12.4. The summed E-state index contributed by atoms with van der Waals surface area (Å²) >= 11 is 6.17. The average Bonchev–Trinajstić information content (AvgIpc) is 2.75. The van der Waals surface area contributed by atoms with Gasteiger partial charge in [-0.05, 0) is 12.0 Å². The number of nitrogens with zero attached hydrogens (tertiary/aromatic N) is 2. The molecule has 0 saturated heterocycles. The summed E-state index contributed by atoms with van der Waals surface area (Å²) in [5, 5.41) is 3.98. The maximum Gasteiger partial charge on any atom is 0.151 e. The van der Waals surface area contributed by atoms with E-state index < -0.39 is 0 Å². The molecule has 0 fully saturated rings. The monoisotopic (exact) mass is 261 g/mol. The van der Waals surface area contributed by atoms with Gasteiger partial charge in [-0.15, -0.1) is 0 Å². The number of hydrogen-bond acceptors (Lipinski definition) is 2. The third kappa shape index (κ3) is 2.28. The van der Waals surface area contributed by atoms with Crippen molar-refractivity contribution in [3.8, 4) is 0 Å². The quantitative estimate of drug-likeness (QED) is 0.920. The van der Waals surface area contributed by atoms with Crippen LogP contribution in [0.5, 0.6) is 0 Å². The van der Waals surface area contributed by atoms with Gasteiger partial charge >= 0.3 is 0 Å². The van der Waals surface area contributed by atoms with Crippen molar-refractivity contribution in [3.63, 3.8) is 0 Å². The van der Waals surface area contributed by atoms with E-state index in [1.165, 1.54) is 5.56 Å². The number of imidazole rings is 1. The van der Waals surface area contributed by atoms with Crippen LogP contribution in [-0.2, 0) is 25.9 Å². The number of halogens is 1. The average molecular weight is 262 g/mol. The number of benzene rings is 1. The zero-order valence-electron chi connectivity index (χ0n) is 10.2. The largest absolute Gasteiger partial charge is 0.328 e. The van der Waals surface area contributed by atoms with Gasteiger partial charge in [-0.3, -0.25) is 0 Å². The molecule has 1 aromatic carbocycles. The molecular formula is C14H16ClN3. The predicted octanol–water partition coefficient (Wildman–Crippen LogP) is 2.42. The van der Waals surface area contributed by atoms with Crippen molar-refractivity contribution in [3.05, 3.63) is 52.6 Å². The molecule has 2 aromatic rings. The lowest BCUT2D eigenvalue weighted by molar-refractivity contribution is 0.500. The van der Waals surface area contributed by atoms with E-state index in [-0.39, 0.29) is 0 Å². The molecule has 18 heavy (non-hydrogen) atoms. The van der Waals surface area contributed by atoms with Crippen LogP contribution in [0.3, 0.4) is 0 Å². The van der Waals surface area contributed by atoms with Crippen LogP contribution in [0, 0.1) is 0 Å². The summed E-state index contributed by atoms with van der Waals surface area (Å²) in [5.41, 5.74) is 2.48. The maximum absolute atomic E-state index is 6.17. The van der Waals surface area contributed by atoms with Crippen LogP contribution < -0.4 is 5.32 Å². The molecule has 3 nitrogen and oxygen atoms in total. The fraction of sp³-hybridized carbons (Fsp3) is 0.357. The molecule has 3 rings (SSSR count). The van der Waals surface area contributed by atoms with E-state index in [2.05, 4.69) is 39.1 Å². The number of aryl methyl sites for hydroxylation is 2. The first-order valence-corrected chi connectivity index (χ1v) is 6.71. The molecule has 4 heteroatoms. The van der Waals surface area contributed by atoms with Gasteiger partial charge in [0.1, 0.15) is 5.82 Å². The predicted molar refractivity (Wildman–Crippen MR) is 72.8 cm³/mol. The maximum atomic E-state index is 6.17. The Morgan fingerprint density at radius 1 is 1.22 bits per heavy atom. The standard InChI is InChI=1S/C14H16ClN3/c15-14-12-10-16-8-9-18(12)13(17-14)7-6-11-4-2-1-3-5-11/h1-5,16H,6-10H2. The number of nitrogens with one attached hydrogen (secondary N) is 1. The van der Waals surface area contributed by atoms with Crippen LogP contribution in [0.15, 0.2) is 30.3 Å². The highest BCUT2D eigenvalue weighted by Gasteiger charge is 2.17. The van der Waals surface area contributed by atoms with Crippen molar-refractivity contribution in [2.75, 3.05) is 6.54 Å². The van der Waals surface area contributed by atoms with Crippen molar-refractivity contribution in [1.82, 2.24) is 14.9 Å². The summed E-state index contributed by atoms with van der Waals surface area (Å²) < 4.78 is 2.27. The second-order valence-electron chi connectivity index (χ2n) is 4.58. The molecule has 0 amide bonds. The Hall–Kier alpha value is -1.32. The fourth-order valence-corrected chi connectivity index (χ4v) is 2.69. The summed E-state index contributed by atoms with van der Waals surface area (Å²) in [5.74, 6) is 1.11. The topological polar surface area (TPSA) is 29.9 Å². The van der Waals surface area contributed by atoms with Gasteiger partial charge < -0.3 is 9.88 Å². The summed E-state index contributed by atoms with van der Waals surface area (Å²) in [6, 6.07) is 10.5. The lowest BCUT2D eigenvalue weighted by Gasteiger charge is -2.17. The van der Waals surface area contributed by atoms with Gasteiger partial charge in [-0.25, -0.2) is 4.98 Å². The van der Waals surface area contributed by atoms with E-state index in [4.69, 9.17) is 11.6 Å². The van der Waals surface area contributed by atoms with Crippen LogP contribution in [0.25, 0.3) is 0 Å². The van der Waals surface area contributed by atoms with Gasteiger partial charge in [0.25, 0.3) is 0 Å². The molecule has 1 N–H and O–H groups in total. The minimum Gasteiger partial charge on any atom is -0.328 e. The minimum absolute atomic E-state index is 0.658. The Bertz CT molecular complexity index is 533. The highest BCUT2D eigenvalue weighted by Crippen LogP contribution is 2.20. The molecule has 0 atom stereocenters. The molecule has 0 bridgehead atoms. The third-order valence-electron chi connectivity index (χ3n) is 3.39. The molecule has 1 aliphatic rings. The van der Waals surface area contributed by atoms with Crippen LogP contribution >= 0.6 is 11.6 Å². The van der Waals surface area contributed by atoms with E-state index in [1.54, 1.807) is 0 Å². The zero-order valence-corrected chi connectivity index (χ0v) is 11.0. The van der Waals surface area contributed by atoms with E-state index in [0.717, 1.165) is 44.0 Å². The first-order chi connectivity index (χ1) is 8.84. The summed E-state index contributed by atoms with van der Waals surface area (Å²) in [7, 11) is 0. The van der Waals surface area contributed by atoms with Crippen molar-refractivity contribution in [2.24, 2.45) is 0 Å². The highest BCUT2D eigenvalue weighted by molar-refractivity contribution is 6.30.